The summed E-state index contributed by atoms with van der Waals surface area (Å²) in [6, 6.07) is 33.9. The molecular formula is C43H53ClN6O7. The van der Waals surface area contributed by atoms with Crippen LogP contribution in [0.5, 0.6) is 11.5 Å². The van der Waals surface area contributed by atoms with Crippen LogP contribution in [0.1, 0.15) is 18.6 Å². The first-order valence-electron chi connectivity index (χ1n) is 18.4. The summed E-state index contributed by atoms with van der Waals surface area (Å²) in [7, 11) is 3.41. The number of carboxylic acid groups (broad SMARTS) is 1. The van der Waals surface area contributed by atoms with E-state index in [0.717, 1.165) is 24.5 Å². The van der Waals surface area contributed by atoms with Crippen molar-refractivity contribution in [3.63, 3.8) is 0 Å². The normalized spacial score (nSPS) is 19.1. The molecule has 57 heavy (non-hydrogen) atoms. The van der Waals surface area contributed by atoms with Crippen LogP contribution in [-0.2, 0) is 32.3 Å². The minimum Gasteiger partial charge on any atom is -0.489 e. The summed E-state index contributed by atoms with van der Waals surface area (Å²) in [4.78, 5) is 54.9. The highest BCUT2D eigenvalue weighted by Crippen LogP contribution is 2.31. The highest BCUT2D eigenvalue weighted by atomic mass is 35.5. The summed E-state index contributed by atoms with van der Waals surface area (Å²) in [5.41, 5.74) is 9.61. The van der Waals surface area contributed by atoms with Crippen LogP contribution in [0.3, 0.4) is 0 Å². The molecule has 4 heterocycles. The van der Waals surface area contributed by atoms with E-state index in [1.165, 1.54) is 16.0 Å². The molecule has 2 saturated heterocycles. The van der Waals surface area contributed by atoms with Crippen LogP contribution in [0.15, 0.2) is 109 Å². The number of ether oxygens (including phenoxy) is 2. The quantitative estimate of drug-likeness (QED) is 0.247. The Morgan fingerprint density at radius 1 is 0.667 bits per heavy atom. The molecule has 13 nitrogen and oxygen atoms in total. The Bertz CT molecular complexity index is 1940. The highest BCUT2D eigenvalue weighted by molar-refractivity contribution is 6.01. The van der Waals surface area contributed by atoms with Crippen molar-refractivity contribution in [3.05, 3.63) is 120 Å². The van der Waals surface area contributed by atoms with Gasteiger partial charge in [-0.1, -0.05) is 92.4 Å². The van der Waals surface area contributed by atoms with Crippen molar-refractivity contribution >= 4 is 47.5 Å². The number of para-hydroxylation sites is 4. The van der Waals surface area contributed by atoms with Crippen molar-refractivity contribution in [2.45, 2.75) is 32.6 Å². The lowest BCUT2D eigenvalue weighted by Gasteiger charge is -2.38. The van der Waals surface area contributed by atoms with Crippen LogP contribution in [-0.4, -0.2) is 104 Å². The second-order valence-electron chi connectivity index (χ2n) is 14.1. The zero-order valence-corrected chi connectivity index (χ0v) is 32.3. The molecule has 304 valence electrons. The second kappa shape index (κ2) is 20.6. The Hall–Kier alpha value is -5.47. The van der Waals surface area contributed by atoms with Gasteiger partial charge in [0.15, 0.2) is 0 Å². The number of nitrogens with two attached hydrogens (primary N) is 1. The first kappa shape index (κ1) is 44.2. The number of nitrogens with zero attached hydrogens (tertiary/aromatic N) is 4. The van der Waals surface area contributed by atoms with E-state index in [9.17, 15) is 19.2 Å². The minimum atomic E-state index is -0.672. The van der Waals surface area contributed by atoms with Gasteiger partial charge in [-0.05, 0) is 35.4 Å². The van der Waals surface area contributed by atoms with E-state index in [1.807, 2.05) is 84.9 Å². The van der Waals surface area contributed by atoms with Crippen molar-refractivity contribution in [2.75, 3.05) is 63.3 Å². The number of amides is 3. The van der Waals surface area contributed by atoms with E-state index < -0.39 is 18.1 Å². The molecule has 3 amide bonds. The number of carboxylic acids is 1. The first-order chi connectivity index (χ1) is 26.6. The SMILES string of the molecule is C.CN1C(=O)[C@@H](N)COc2ccccc21.CN1C(=O)[C@@H](NC(=O)C2CN(Cc3ccccc3)C2)COc2ccccc21.Cl.O=C(O)C1CN(Cc2ccccc2)C1. The van der Waals surface area contributed by atoms with Gasteiger partial charge in [0.1, 0.15) is 36.8 Å². The van der Waals surface area contributed by atoms with Gasteiger partial charge >= 0.3 is 5.97 Å². The topological polar surface area (TPSA) is 158 Å². The average Bonchev–Trinajstić information content (AvgIpc) is 3.36. The Morgan fingerprint density at radius 3 is 1.58 bits per heavy atom. The molecule has 4 aliphatic rings. The lowest BCUT2D eigenvalue weighted by Crippen LogP contribution is -2.57. The minimum absolute atomic E-state index is 0. The van der Waals surface area contributed by atoms with Gasteiger partial charge in [-0.25, -0.2) is 0 Å². The molecular weight excluding hydrogens is 748 g/mol. The Morgan fingerprint density at radius 2 is 1.09 bits per heavy atom. The molecule has 4 N–H and O–H groups in total. The third-order valence-electron chi connectivity index (χ3n) is 10.0. The summed E-state index contributed by atoms with van der Waals surface area (Å²) < 4.78 is 11.2. The second-order valence-corrected chi connectivity index (χ2v) is 14.1. The van der Waals surface area contributed by atoms with Gasteiger partial charge in [-0.3, -0.25) is 29.0 Å². The summed E-state index contributed by atoms with van der Waals surface area (Å²) >= 11 is 0. The van der Waals surface area contributed by atoms with Gasteiger partial charge < -0.3 is 35.4 Å². The van der Waals surface area contributed by atoms with Gasteiger partial charge in [0.2, 0.25) is 11.8 Å². The summed E-state index contributed by atoms with van der Waals surface area (Å²) in [6.07, 6.45) is 0. The summed E-state index contributed by atoms with van der Waals surface area (Å²) in [6.45, 7) is 4.87. The number of aliphatic carboxylic acids is 1. The molecule has 0 unspecified atom stereocenters. The van der Waals surface area contributed by atoms with Crippen molar-refractivity contribution in [1.29, 1.82) is 0 Å². The van der Waals surface area contributed by atoms with Crippen LogP contribution in [0.4, 0.5) is 11.4 Å². The Balaban J connectivity index is 0.000000204. The van der Waals surface area contributed by atoms with E-state index in [4.69, 9.17) is 20.3 Å². The van der Waals surface area contributed by atoms with E-state index in [0.29, 0.717) is 37.7 Å². The fourth-order valence-electron chi connectivity index (χ4n) is 6.72. The molecule has 0 radical (unpaired) electrons. The van der Waals surface area contributed by atoms with Crippen molar-refractivity contribution in [1.82, 2.24) is 15.1 Å². The van der Waals surface area contributed by atoms with E-state index in [-0.39, 0.29) is 62.6 Å². The van der Waals surface area contributed by atoms with Crippen LogP contribution in [0.25, 0.3) is 0 Å². The zero-order chi connectivity index (χ0) is 38.9. The van der Waals surface area contributed by atoms with Gasteiger partial charge in [-0.2, -0.15) is 0 Å². The predicted octanol–water partition coefficient (Wildman–Crippen LogP) is 4.29. The number of rotatable bonds is 7. The number of carbonyl (C=O) groups is 4. The maximum atomic E-state index is 12.7. The molecule has 2 atom stereocenters. The third kappa shape index (κ3) is 11.3. The lowest BCUT2D eigenvalue weighted by molar-refractivity contribution is -0.147. The van der Waals surface area contributed by atoms with Crippen molar-refractivity contribution in [3.8, 4) is 11.5 Å². The monoisotopic (exact) mass is 800 g/mol. The van der Waals surface area contributed by atoms with E-state index in [1.54, 1.807) is 19.0 Å². The molecule has 0 bridgehead atoms. The third-order valence-corrected chi connectivity index (χ3v) is 10.0. The molecule has 4 aromatic rings. The van der Waals surface area contributed by atoms with Gasteiger partial charge in [0.25, 0.3) is 5.91 Å². The number of hydrogen-bond acceptors (Lipinski definition) is 9. The van der Waals surface area contributed by atoms with Crippen LogP contribution < -0.4 is 30.3 Å². The standard InChI is InChI=1S/C21H23N3O3.C11H13NO2.C10H12N2O2.CH4.ClH/c1-23-18-9-5-6-10-19(18)27-14-17(21(23)26)22-20(25)16-12-24(13-16)11-15-7-3-2-4-8-15;13-11(14)10-7-12(8-10)6-9-4-2-1-3-5-9;1-12-8-4-2-3-5-9(8)14-6-7(11)10(12)13;;/h2-10,16-17H,11-14H2,1H3,(H,22,25);1-5,10H,6-8H2,(H,13,14);2-5,7H,6,11H2,1H3;1H4;1H/t17-;;7-;;/m0.0../s1. The fraction of sp³-hybridized carbons (Fsp3) is 0.349. The maximum Gasteiger partial charge on any atom is 0.309 e. The Labute approximate surface area is 340 Å². The largest absolute Gasteiger partial charge is 0.489 e. The summed E-state index contributed by atoms with van der Waals surface area (Å²) in [5, 5.41) is 11.6. The Kier molecular flexibility index (Phi) is 16.0. The van der Waals surface area contributed by atoms with Crippen molar-refractivity contribution < 1.29 is 33.8 Å². The molecule has 4 aromatic carbocycles. The smallest absolute Gasteiger partial charge is 0.309 e. The number of fused-ring (bicyclic) bond motifs is 2. The zero-order valence-electron chi connectivity index (χ0n) is 31.5. The first-order valence-corrected chi connectivity index (χ1v) is 18.4. The van der Waals surface area contributed by atoms with Crippen LogP contribution in [0, 0.1) is 11.8 Å². The highest BCUT2D eigenvalue weighted by Gasteiger charge is 2.37. The lowest BCUT2D eigenvalue weighted by atomic mass is 9.97. The molecule has 0 spiro atoms. The maximum absolute atomic E-state index is 12.7. The molecule has 14 heteroatoms. The molecule has 0 aliphatic carbocycles. The predicted molar refractivity (Wildman–Crippen MR) is 223 cm³/mol. The molecule has 0 saturated carbocycles. The number of anilines is 2. The molecule has 2 fully saturated rings. The number of hydrogen-bond donors (Lipinski definition) is 3. The van der Waals surface area contributed by atoms with E-state index in [2.05, 4.69) is 39.4 Å². The van der Waals surface area contributed by atoms with E-state index >= 15 is 0 Å². The van der Waals surface area contributed by atoms with Crippen LogP contribution in [0.2, 0.25) is 0 Å². The number of nitrogens with one attached hydrogen (secondary N) is 1. The number of carbonyl (C=O) groups excluding carboxylic acids is 3. The number of halogens is 1. The van der Waals surface area contributed by atoms with Gasteiger partial charge in [-0.15, -0.1) is 12.4 Å². The molecule has 8 rings (SSSR count). The molecule has 0 aromatic heterocycles. The van der Waals surface area contributed by atoms with Crippen LogP contribution >= 0.6 is 12.4 Å². The summed E-state index contributed by atoms with van der Waals surface area (Å²) in [5.74, 6) is 0.0916. The van der Waals surface area contributed by atoms with Crippen molar-refractivity contribution in [2.24, 2.45) is 17.6 Å². The van der Waals surface area contributed by atoms with Gasteiger partial charge in [0, 0.05) is 53.4 Å². The average molecular weight is 801 g/mol. The molecule has 4 aliphatic heterocycles. The number of likely N-dealkylation sites (tertiary alicyclic amines) is 2. The fourth-order valence-corrected chi connectivity index (χ4v) is 6.72. The number of likely N-dealkylation sites (N-methyl/N-ethyl adjacent to an activating group) is 2. The number of benzene rings is 4. The van der Waals surface area contributed by atoms with Gasteiger partial charge in [0.05, 0.1) is 23.2 Å².